The minimum Gasteiger partial charge on any atom is -0.491 e. The van der Waals surface area contributed by atoms with Crippen LogP contribution < -0.4 is 4.74 Å². The molecule has 0 atom stereocenters. The van der Waals surface area contributed by atoms with Crippen LogP contribution in [0.5, 0.6) is 5.75 Å². The quantitative estimate of drug-likeness (QED) is 0.482. The zero-order valence-electron chi connectivity index (χ0n) is 12.8. The second-order valence-corrected chi connectivity index (χ2v) is 5.89. The predicted octanol–water partition coefficient (Wildman–Crippen LogP) is 1.30. The summed E-state index contributed by atoms with van der Waals surface area (Å²) in [6.45, 7) is 4.40. The minimum absolute atomic E-state index is 0.194. The van der Waals surface area contributed by atoms with Gasteiger partial charge in [0.2, 0.25) is 0 Å². The highest BCUT2D eigenvalue weighted by Gasteiger charge is 2.12. The highest BCUT2D eigenvalue weighted by Crippen LogP contribution is 2.22. The molecule has 22 heavy (non-hydrogen) atoms. The van der Waals surface area contributed by atoms with Crippen molar-refractivity contribution in [3.8, 4) is 5.75 Å². The Bertz CT molecular complexity index is 542. The van der Waals surface area contributed by atoms with Gasteiger partial charge in [-0.2, -0.15) is 8.42 Å². The Balaban J connectivity index is 2.28. The van der Waals surface area contributed by atoms with E-state index in [1.807, 2.05) is 0 Å². The zero-order chi connectivity index (χ0) is 16.4. The van der Waals surface area contributed by atoms with E-state index in [-0.39, 0.29) is 11.5 Å². The van der Waals surface area contributed by atoms with Crippen LogP contribution in [0, 0.1) is 6.92 Å². The van der Waals surface area contributed by atoms with E-state index < -0.39 is 10.1 Å². The molecule has 1 aromatic rings. The van der Waals surface area contributed by atoms with Crippen LogP contribution in [0.2, 0.25) is 0 Å². The van der Waals surface area contributed by atoms with Gasteiger partial charge >= 0.3 is 0 Å². The Morgan fingerprint density at radius 2 is 1.59 bits per heavy atom. The van der Waals surface area contributed by atoms with E-state index in [4.69, 9.17) is 23.5 Å². The molecule has 0 aliphatic rings. The highest BCUT2D eigenvalue weighted by atomic mass is 32.2. The number of methoxy groups -OCH3 is 1. The summed E-state index contributed by atoms with van der Waals surface area (Å²) < 4.78 is 52.0. The molecule has 0 aromatic heterocycles. The van der Waals surface area contributed by atoms with Gasteiger partial charge in [0.1, 0.15) is 12.4 Å². The van der Waals surface area contributed by atoms with Gasteiger partial charge < -0.3 is 18.9 Å². The Morgan fingerprint density at radius 3 is 2.18 bits per heavy atom. The van der Waals surface area contributed by atoms with E-state index in [1.165, 1.54) is 12.1 Å². The van der Waals surface area contributed by atoms with Crippen LogP contribution in [0.3, 0.4) is 0 Å². The zero-order valence-corrected chi connectivity index (χ0v) is 13.6. The third-order valence-electron chi connectivity index (χ3n) is 2.75. The SMILES string of the molecule is COCCOCCOCCOc1cc(S(=O)(=O)O)ccc1C. The van der Waals surface area contributed by atoms with Gasteiger partial charge in [-0.25, -0.2) is 0 Å². The summed E-state index contributed by atoms with van der Waals surface area (Å²) in [5.41, 5.74) is 0.773. The molecule has 8 heteroatoms. The van der Waals surface area contributed by atoms with E-state index in [1.54, 1.807) is 20.1 Å². The summed E-state index contributed by atoms with van der Waals surface area (Å²) in [7, 11) is -2.62. The molecule has 0 heterocycles. The summed E-state index contributed by atoms with van der Waals surface area (Å²) in [5, 5.41) is 0. The molecule has 0 aliphatic carbocycles. The van der Waals surface area contributed by atoms with Crippen molar-refractivity contribution in [1.82, 2.24) is 0 Å². The monoisotopic (exact) mass is 334 g/mol. The van der Waals surface area contributed by atoms with Crippen molar-refractivity contribution in [1.29, 1.82) is 0 Å². The van der Waals surface area contributed by atoms with Gasteiger partial charge in [-0.05, 0) is 18.6 Å². The molecule has 0 saturated heterocycles. The van der Waals surface area contributed by atoms with E-state index >= 15 is 0 Å². The van der Waals surface area contributed by atoms with Crippen LogP contribution in [-0.4, -0.2) is 59.7 Å². The first kappa shape index (κ1) is 18.9. The van der Waals surface area contributed by atoms with Crippen molar-refractivity contribution in [2.75, 3.05) is 46.8 Å². The van der Waals surface area contributed by atoms with E-state index in [0.29, 0.717) is 38.8 Å². The molecule has 126 valence electrons. The third kappa shape index (κ3) is 7.19. The summed E-state index contributed by atoms with van der Waals surface area (Å²) in [6, 6.07) is 4.19. The molecule has 1 aromatic carbocycles. The standard InChI is InChI=1S/C14H22O7S/c1-12-3-4-13(22(15,16)17)11-14(12)21-10-9-20-8-7-19-6-5-18-2/h3-4,11H,5-10H2,1-2H3,(H,15,16,17). The molecule has 0 fully saturated rings. The summed E-state index contributed by atoms with van der Waals surface area (Å²) in [4.78, 5) is -0.194. The molecule has 1 rings (SSSR count). The Morgan fingerprint density at radius 1 is 1.00 bits per heavy atom. The van der Waals surface area contributed by atoms with Crippen LogP contribution in [0.4, 0.5) is 0 Å². The van der Waals surface area contributed by atoms with E-state index in [9.17, 15) is 8.42 Å². The van der Waals surface area contributed by atoms with Gasteiger partial charge in [-0.15, -0.1) is 0 Å². The molecular weight excluding hydrogens is 312 g/mol. The van der Waals surface area contributed by atoms with Crippen LogP contribution >= 0.6 is 0 Å². The van der Waals surface area contributed by atoms with Crippen LogP contribution in [0.25, 0.3) is 0 Å². The fourth-order valence-electron chi connectivity index (χ4n) is 1.57. The highest BCUT2D eigenvalue weighted by molar-refractivity contribution is 7.85. The van der Waals surface area contributed by atoms with Gasteiger partial charge in [-0.3, -0.25) is 4.55 Å². The normalized spacial score (nSPS) is 11.6. The summed E-state index contributed by atoms with van der Waals surface area (Å²) in [5.74, 6) is 0.398. The Kier molecular flexibility index (Phi) is 8.36. The lowest BCUT2D eigenvalue weighted by Gasteiger charge is -2.10. The number of ether oxygens (including phenoxy) is 4. The van der Waals surface area contributed by atoms with Crippen molar-refractivity contribution in [3.63, 3.8) is 0 Å². The molecule has 0 radical (unpaired) electrons. The third-order valence-corrected chi connectivity index (χ3v) is 3.60. The lowest BCUT2D eigenvalue weighted by atomic mass is 10.2. The molecular formula is C14H22O7S. The Hall–Kier alpha value is -1.19. The van der Waals surface area contributed by atoms with E-state index in [2.05, 4.69) is 0 Å². The first-order valence-corrected chi connectivity index (χ1v) is 8.24. The van der Waals surface area contributed by atoms with Crippen molar-refractivity contribution in [2.24, 2.45) is 0 Å². The van der Waals surface area contributed by atoms with Gasteiger partial charge in [0.05, 0.1) is 37.9 Å². The molecule has 0 unspecified atom stereocenters. The van der Waals surface area contributed by atoms with Crippen molar-refractivity contribution in [3.05, 3.63) is 23.8 Å². The second-order valence-electron chi connectivity index (χ2n) is 4.47. The molecule has 7 nitrogen and oxygen atoms in total. The number of hydrogen-bond acceptors (Lipinski definition) is 6. The van der Waals surface area contributed by atoms with Crippen molar-refractivity contribution in [2.45, 2.75) is 11.8 Å². The predicted molar refractivity (Wildman–Crippen MR) is 80.0 cm³/mol. The fraction of sp³-hybridized carbons (Fsp3) is 0.571. The van der Waals surface area contributed by atoms with E-state index in [0.717, 1.165) is 5.56 Å². The summed E-state index contributed by atoms with van der Waals surface area (Å²) >= 11 is 0. The maximum Gasteiger partial charge on any atom is 0.294 e. The fourth-order valence-corrected chi connectivity index (χ4v) is 2.07. The average Bonchev–Trinajstić information content (AvgIpc) is 2.46. The van der Waals surface area contributed by atoms with Crippen LogP contribution in [-0.2, 0) is 24.3 Å². The molecule has 0 bridgehead atoms. The molecule has 1 N–H and O–H groups in total. The lowest BCUT2D eigenvalue weighted by molar-refractivity contribution is 0.0179. The van der Waals surface area contributed by atoms with Crippen molar-refractivity contribution >= 4 is 10.1 Å². The van der Waals surface area contributed by atoms with Gasteiger partial charge in [-0.1, -0.05) is 6.07 Å². The number of benzene rings is 1. The largest absolute Gasteiger partial charge is 0.491 e. The second kappa shape index (κ2) is 9.75. The first-order valence-electron chi connectivity index (χ1n) is 6.80. The molecule has 0 amide bonds. The van der Waals surface area contributed by atoms with Gasteiger partial charge in [0, 0.05) is 13.2 Å². The van der Waals surface area contributed by atoms with Crippen LogP contribution in [0.15, 0.2) is 23.1 Å². The lowest BCUT2D eigenvalue weighted by Crippen LogP contribution is -2.12. The average molecular weight is 334 g/mol. The van der Waals surface area contributed by atoms with Crippen molar-refractivity contribution < 1.29 is 31.9 Å². The maximum atomic E-state index is 11.1. The molecule has 0 saturated carbocycles. The van der Waals surface area contributed by atoms with Gasteiger partial charge in [0.25, 0.3) is 10.1 Å². The topological polar surface area (TPSA) is 91.3 Å². The van der Waals surface area contributed by atoms with Crippen LogP contribution in [0.1, 0.15) is 5.56 Å². The number of aryl methyl sites for hydroxylation is 1. The smallest absolute Gasteiger partial charge is 0.294 e. The number of hydrogen-bond donors (Lipinski definition) is 1. The van der Waals surface area contributed by atoms with Gasteiger partial charge in [0.15, 0.2) is 0 Å². The molecule has 0 aliphatic heterocycles. The molecule has 0 spiro atoms. The Labute approximate surface area is 130 Å². The maximum absolute atomic E-state index is 11.1. The first-order chi connectivity index (χ1) is 10.4. The number of rotatable bonds is 11. The minimum atomic E-state index is -4.23. The summed E-state index contributed by atoms with van der Waals surface area (Å²) in [6.07, 6.45) is 0.